The van der Waals surface area contributed by atoms with Gasteiger partial charge in [0.05, 0.1) is 13.0 Å². The van der Waals surface area contributed by atoms with Crippen LogP contribution in [0.1, 0.15) is 18.9 Å². The highest BCUT2D eigenvalue weighted by Gasteiger charge is 2.67. The number of rotatable bonds is 4. The van der Waals surface area contributed by atoms with Gasteiger partial charge in [0.25, 0.3) is 5.91 Å². The average Bonchev–Trinajstić information content (AvgIpc) is 3.41. The Bertz CT molecular complexity index is 1010. The molecule has 0 unspecified atom stereocenters. The first-order chi connectivity index (χ1) is 14.6. The van der Waals surface area contributed by atoms with E-state index in [9.17, 15) is 9.59 Å². The Balaban J connectivity index is 1.58. The molecule has 3 aliphatic heterocycles. The molecule has 3 heterocycles. The molecule has 2 aromatic rings. The van der Waals surface area contributed by atoms with Crippen LogP contribution in [0.2, 0.25) is 0 Å². The maximum absolute atomic E-state index is 13.9. The number of nitrogens with zero attached hydrogens (tertiary/aromatic N) is 2. The fraction of sp³-hybridized carbons (Fsp3) is 0.391. The Kier molecular flexibility index (Phi) is 4.75. The van der Waals surface area contributed by atoms with E-state index in [1.807, 2.05) is 66.1 Å². The van der Waals surface area contributed by atoms with E-state index in [-0.39, 0.29) is 17.9 Å². The van der Waals surface area contributed by atoms with E-state index in [1.54, 1.807) is 13.2 Å². The number of fused-ring (bicyclic) bond motifs is 4. The molecule has 0 aliphatic carbocycles. The van der Waals surface area contributed by atoms with Crippen LogP contribution in [0, 0.1) is 5.92 Å². The summed E-state index contributed by atoms with van der Waals surface area (Å²) in [7, 11) is 1.60. The molecule has 0 bridgehead atoms. The lowest BCUT2D eigenvalue weighted by Gasteiger charge is -2.36. The van der Waals surface area contributed by atoms with E-state index in [0.717, 1.165) is 22.9 Å². The number of amides is 2. The highest BCUT2D eigenvalue weighted by Crippen LogP contribution is 2.57. The third kappa shape index (κ3) is 2.61. The molecule has 1 N–H and O–H groups in total. The standard InChI is InChI=1S/C23H25N3O3S/c1-3-25-20-10-5-4-9-18(20)23(22(25)28)19(12-16-13-30-14-26(16)23)21(27)24-15-7-6-8-17(11-15)29-2/h4-11,16,19H,3,12-14H2,1-2H3,(H,24,27)/t16-,19-,23-/m0/s1. The molecule has 3 aliphatic rings. The molecule has 5 rings (SSSR count). The summed E-state index contributed by atoms with van der Waals surface area (Å²) >= 11 is 1.84. The second-order valence-electron chi connectivity index (χ2n) is 7.97. The summed E-state index contributed by atoms with van der Waals surface area (Å²) in [6, 6.07) is 15.5. The van der Waals surface area contributed by atoms with Gasteiger partial charge in [-0.3, -0.25) is 14.5 Å². The molecule has 7 heteroatoms. The minimum absolute atomic E-state index is 0.0296. The largest absolute Gasteiger partial charge is 0.497 e. The Morgan fingerprint density at radius 2 is 2.10 bits per heavy atom. The van der Waals surface area contributed by atoms with Crippen LogP contribution in [0.5, 0.6) is 5.75 Å². The molecule has 3 atom stereocenters. The minimum Gasteiger partial charge on any atom is -0.497 e. The van der Waals surface area contributed by atoms with Crippen LogP contribution < -0.4 is 15.0 Å². The van der Waals surface area contributed by atoms with Gasteiger partial charge in [-0.15, -0.1) is 11.8 Å². The molecular formula is C23H25N3O3S. The van der Waals surface area contributed by atoms with Crippen molar-refractivity contribution in [2.24, 2.45) is 5.92 Å². The molecular weight excluding hydrogens is 398 g/mol. The monoisotopic (exact) mass is 423 g/mol. The lowest BCUT2D eigenvalue weighted by atomic mass is 9.79. The van der Waals surface area contributed by atoms with Gasteiger partial charge >= 0.3 is 0 Å². The minimum atomic E-state index is -0.927. The summed E-state index contributed by atoms with van der Waals surface area (Å²) < 4.78 is 5.28. The number of nitrogens with one attached hydrogen (secondary N) is 1. The highest BCUT2D eigenvalue weighted by atomic mass is 32.2. The summed E-state index contributed by atoms with van der Waals surface area (Å²) in [6.45, 7) is 2.58. The molecule has 0 radical (unpaired) electrons. The van der Waals surface area contributed by atoms with E-state index in [2.05, 4.69) is 10.2 Å². The number of para-hydroxylation sites is 1. The molecule has 2 aromatic carbocycles. The number of carbonyl (C=O) groups excluding carboxylic acids is 2. The van der Waals surface area contributed by atoms with Crippen LogP contribution in [0.4, 0.5) is 11.4 Å². The quantitative estimate of drug-likeness (QED) is 0.818. The van der Waals surface area contributed by atoms with Crippen LogP contribution in [0.25, 0.3) is 0 Å². The van der Waals surface area contributed by atoms with Crippen molar-refractivity contribution in [1.29, 1.82) is 0 Å². The Labute approximate surface area is 180 Å². The molecule has 1 spiro atoms. The molecule has 0 aromatic heterocycles. The SMILES string of the molecule is CCN1C(=O)[C@]2(c3ccccc31)[C@H](C(=O)Nc1cccc(OC)c1)C[C@H]1CSCN12. The summed E-state index contributed by atoms with van der Waals surface area (Å²) in [5.41, 5.74) is 1.65. The molecule has 30 heavy (non-hydrogen) atoms. The number of methoxy groups -OCH3 is 1. The first kappa shape index (κ1) is 19.5. The van der Waals surface area contributed by atoms with Crippen LogP contribution in [-0.4, -0.2) is 48.0 Å². The van der Waals surface area contributed by atoms with E-state index in [0.29, 0.717) is 24.4 Å². The lowest BCUT2D eigenvalue weighted by Crippen LogP contribution is -2.55. The number of carbonyl (C=O) groups is 2. The number of ether oxygens (including phenoxy) is 1. The van der Waals surface area contributed by atoms with E-state index >= 15 is 0 Å². The normalized spacial score (nSPS) is 27.4. The van der Waals surface area contributed by atoms with Crippen molar-refractivity contribution >= 4 is 35.0 Å². The zero-order valence-corrected chi connectivity index (χ0v) is 17.9. The topological polar surface area (TPSA) is 61.9 Å². The Morgan fingerprint density at radius 3 is 2.90 bits per heavy atom. The van der Waals surface area contributed by atoms with Gasteiger partial charge in [0.1, 0.15) is 11.3 Å². The number of likely N-dealkylation sites (N-methyl/N-ethyl adjacent to an activating group) is 1. The van der Waals surface area contributed by atoms with Gasteiger partial charge in [0.15, 0.2) is 0 Å². The van der Waals surface area contributed by atoms with Gasteiger partial charge < -0.3 is 15.0 Å². The van der Waals surface area contributed by atoms with E-state index in [1.165, 1.54) is 0 Å². The maximum Gasteiger partial charge on any atom is 0.253 e. The average molecular weight is 424 g/mol. The summed E-state index contributed by atoms with van der Waals surface area (Å²) in [4.78, 5) is 31.6. The first-order valence-electron chi connectivity index (χ1n) is 10.3. The Morgan fingerprint density at radius 1 is 1.27 bits per heavy atom. The third-order valence-corrected chi connectivity index (χ3v) is 7.67. The summed E-state index contributed by atoms with van der Waals surface area (Å²) in [6.07, 6.45) is 0.681. The maximum atomic E-state index is 13.9. The van der Waals surface area contributed by atoms with Crippen molar-refractivity contribution in [3.05, 3.63) is 54.1 Å². The number of anilines is 2. The number of thioether (sulfide) groups is 1. The molecule has 0 saturated carbocycles. The lowest BCUT2D eigenvalue weighted by molar-refractivity contribution is -0.136. The van der Waals surface area contributed by atoms with E-state index < -0.39 is 11.5 Å². The third-order valence-electron chi connectivity index (χ3n) is 6.59. The van der Waals surface area contributed by atoms with Crippen molar-refractivity contribution in [3.8, 4) is 5.75 Å². The van der Waals surface area contributed by atoms with Crippen LogP contribution in [0.15, 0.2) is 48.5 Å². The molecule has 2 fully saturated rings. The summed E-state index contributed by atoms with van der Waals surface area (Å²) in [5.74, 6) is 1.88. The molecule has 2 saturated heterocycles. The van der Waals surface area contributed by atoms with Crippen LogP contribution in [0.3, 0.4) is 0 Å². The number of benzene rings is 2. The molecule has 2 amide bonds. The van der Waals surface area contributed by atoms with Crippen LogP contribution in [-0.2, 0) is 15.1 Å². The van der Waals surface area contributed by atoms with Crippen molar-refractivity contribution in [2.45, 2.75) is 24.9 Å². The van der Waals surface area contributed by atoms with E-state index in [4.69, 9.17) is 4.74 Å². The smallest absolute Gasteiger partial charge is 0.253 e. The van der Waals surface area contributed by atoms with Gasteiger partial charge in [0, 0.05) is 47.2 Å². The van der Waals surface area contributed by atoms with Crippen LogP contribution >= 0.6 is 11.8 Å². The van der Waals surface area contributed by atoms with Crippen molar-refractivity contribution in [1.82, 2.24) is 4.90 Å². The zero-order chi connectivity index (χ0) is 20.9. The first-order valence-corrected chi connectivity index (χ1v) is 11.5. The van der Waals surface area contributed by atoms with Gasteiger partial charge in [-0.1, -0.05) is 24.3 Å². The number of hydrogen-bond donors (Lipinski definition) is 1. The van der Waals surface area contributed by atoms with Crippen molar-refractivity contribution in [3.63, 3.8) is 0 Å². The zero-order valence-electron chi connectivity index (χ0n) is 17.1. The fourth-order valence-corrected chi connectivity index (χ4v) is 6.63. The van der Waals surface area contributed by atoms with Gasteiger partial charge in [-0.05, 0) is 31.5 Å². The van der Waals surface area contributed by atoms with Gasteiger partial charge in [0.2, 0.25) is 5.91 Å². The number of hydrogen-bond acceptors (Lipinski definition) is 5. The summed E-state index contributed by atoms with van der Waals surface area (Å²) in [5, 5.41) is 3.06. The second-order valence-corrected chi connectivity index (χ2v) is 8.97. The van der Waals surface area contributed by atoms with Gasteiger partial charge in [-0.2, -0.15) is 0 Å². The van der Waals surface area contributed by atoms with Gasteiger partial charge in [-0.25, -0.2) is 0 Å². The second kappa shape index (κ2) is 7.32. The fourth-order valence-electron chi connectivity index (χ4n) is 5.33. The highest BCUT2D eigenvalue weighted by molar-refractivity contribution is 7.99. The Hall–Kier alpha value is -2.51. The predicted molar refractivity (Wildman–Crippen MR) is 119 cm³/mol. The molecule has 6 nitrogen and oxygen atoms in total. The predicted octanol–water partition coefficient (Wildman–Crippen LogP) is 3.29. The van der Waals surface area contributed by atoms with Crippen molar-refractivity contribution < 1.29 is 14.3 Å². The molecule has 156 valence electrons. The van der Waals surface area contributed by atoms with Crippen molar-refractivity contribution in [2.75, 3.05) is 35.5 Å².